The van der Waals surface area contributed by atoms with Crippen LogP contribution in [0.25, 0.3) is 0 Å². The highest BCUT2D eigenvalue weighted by atomic mass is 32.2. The van der Waals surface area contributed by atoms with E-state index in [9.17, 15) is 13.2 Å². The minimum absolute atomic E-state index is 0.0498. The lowest BCUT2D eigenvalue weighted by Gasteiger charge is -2.31. The molecule has 3 aliphatic rings. The van der Waals surface area contributed by atoms with E-state index >= 15 is 0 Å². The summed E-state index contributed by atoms with van der Waals surface area (Å²) in [6.45, 7) is 3.50. The van der Waals surface area contributed by atoms with Gasteiger partial charge in [0.05, 0.1) is 16.9 Å². The second-order valence-electron chi connectivity index (χ2n) is 7.09. The number of ether oxygens (including phenoxy) is 2. The molecule has 2 heterocycles. The topological polar surface area (TPSA) is 72.9 Å². The number of nitrogens with zero attached hydrogens (tertiary/aromatic N) is 1. The number of carbonyl (C=O) groups excluding carboxylic acids is 1. The lowest BCUT2D eigenvalue weighted by Crippen LogP contribution is -2.46. The molecule has 6 nitrogen and oxygen atoms in total. The molecule has 0 aromatic heterocycles. The van der Waals surface area contributed by atoms with Crippen LogP contribution in [-0.2, 0) is 20.0 Å². The van der Waals surface area contributed by atoms with Crippen molar-refractivity contribution in [2.24, 2.45) is 0 Å². The molecule has 1 aromatic rings. The normalized spacial score (nSPS) is 25.4. The molecule has 0 N–H and O–H groups in total. The Hall–Kier alpha value is -1.76. The van der Waals surface area contributed by atoms with E-state index in [1.807, 2.05) is 25.1 Å². The molecule has 1 saturated carbocycles. The van der Waals surface area contributed by atoms with Gasteiger partial charge in [0, 0.05) is 12.6 Å². The van der Waals surface area contributed by atoms with Crippen molar-refractivity contribution in [2.75, 3.05) is 31.3 Å². The quantitative estimate of drug-likeness (QED) is 0.809. The predicted molar refractivity (Wildman–Crippen MR) is 92.8 cm³/mol. The zero-order valence-corrected chi connectivity index (χ0v) is 15.2. The maximum Gasteiger partial charge on any atom is 0.233 e. The lowest BCUT2D eigenvalue weighted by molar-refractivity contribution is -0.135. The molecule has 1 aromatic carbocycles. The van der Waals surface area contributed by atoms with Crippen molar-refractivity contribution in [2.45, 2.75) is 37.6 Å². The summed E-state index contributed by atoms with van der Waals surface area (Å²) in [5.41, 5.74) is 0.416. The van der Waals surface area contributed by atoms with Gasteiger partial charge in [0.2, 0.25) is 5.91 Å². The van der Waals surface area contributed by atoms with Crippen molar-refractivity contribution >= 4 is 15.7 Å². The van der Waals surface area contributed by atoms with Gasteiger partial charge >= 0.3 is 0 Å². The van der Waals surface area contributed by atoms with E-state index in [0.717, 1.165) is 18.4 Å². The first kappa shape index (κ1) is 16.7. The molecule has 0 bridgehead atoms. The Morgan fingerprint density at radius 1 is 1.24 bits per heavy atom. The van der Waals surface area contributed by atoms with Gasteiger partial charge in [0.25, 0.3) is 0 Å². The van der Waals surface area contributed by atoms with Crippen LogP contribution in [0, 0.1) is 0 Å². The molecular weight excluding hydrogens is 342 g/mol. The van der Waals surface area contributed by atoms with E-state index in [1.165, 1.54) is 0 Å². The van der Waals surface area contributed by atoms with Gasteiger partial charge in [-0.15, -0.1) is 0 Å². The first-order valence-corrected chi connectivity index (χ1v) is 10.7. The summed E-state index contributed by atoms with van der Waals surface area (Å²) in [4.78, 5) is 15.1. The smallest absolute Gasteiger partial charge is 0.233 e. The first-order valence-electron chi connectivity index (χ1n) is 8.87. The Balaban J connectivity index is 1.60. The molecule has 1 amide bonds. The fourth-order valence-electron chi connectivity index (χ4n) is 3.96. The van der Waals surface area contributed by atoms with Crippen molar-refractivity contribution in [3.63, 3.8) is 0 Å². The summed E-state index contributed by atoms with van der Waals surface area (Å²) in [6, 6.07) is 5.53. The standard InChI is InChI=1S/C18H23NO5S/c1-2-19(14-5-10-25(21,22)12-14)17(20)18(6-7-18)13-3-4-15-16(11-13)24-9-8-23-15/h3-4,11,14H,2,5-10,12H2,1H3. The fourth-order valence-corrected chi connectivity index (χ4v) is 5.69. The summed E-state index contributed by atoms with van der Waals surface area (Å²) in [7, 11) is -3.02. The molecule has 1 saturated heterocycles. The fraction of sp³-hybridized carbons (Fsp3) is 0.611. The van der Waals surface area contributed by atoms with Crippen molar-refractivity contribution < 1.29 is 22.7 Å². The molecule has 1 unspecified atom stereocenters. The average molecular weight is 365 g/mol. The SMILES string of the molecule is CCN(C(=O)C1(c2ccc3c(c2)OCCO3)CC1)C1CCS(=O)(=O)C1. The second-order valence-corrected chi connectivity index (χ2v) is 9.32. The summed E-state index contributed by atoms with van der Waals surface area (Å²) < 4.78 is 34.8. The summed E-state index contributed by atoms with van der Waals surface area (Å²) >= 11 is 0. The van der Waals surface area contributed by atoms with Crippen molar-refractivity contribution in [1.29, 1.82) is 0 Å². The molecule has 136 valence electrons. The van der Waals surface area contributed by atoms with E-state index < -0.39 is 15.3 Å². The molecule has 0 radical (unpaired) electrons. The molecule has 25 heavy (non-hydrogen) atoms. The molecule has 4 rings (SSSR count). The van der Waals surface area contributed by atoms with Gasteiger partial charge in [-0.05, 0) is 43.9 Å². The minimum atomic E-state index is -3.02. The average Bonchev–Trinajstić information content (AvgIpc) is 3.34. The Morgan fingerprint density at radius 3 is 2.56 bits per heavy atom. The minimum Gasteiger partial charge on any atom is -0.486 e. The number of hydrogen-bond donors (Lipinski definition) is 0. The van der Waals surface area contributed by atoms with Crippen molar-refractivity contribution in [3.05, 3.63) is 23.8 Å². The predicted octanol–water partition coefficient (Wildman–Crippen LogP) is 1.53. The molecule has 2 fully saturated rings. The number of carbonyl (C=O) groups is 1. The lowest BCUT2D eigenvalue weighted by atomic mass is 9.93. The largest absolute Gasteiger partial charge is 0.486 e. The Kier molecular flexibility index (Phi) is 3.94. The maximum atomic E-state index is 13.3. The number of benzene rings is 1. The number of hydrogen-bond acceptors (Lipinski definition) is 5. The summed E-state index contributed by atoms with van der Waals surface area (Å²) in [5, 5.41) is 0. The van der Waals surface area contributed by atoms with Crippen molar-refractivity contribution in [3.8, 4) is 11.5 Å². The van der Waals surface area contributed by atoms with Gasteiger partial charge < -0.3 is 14.4 Å². The van der Waals surface area contributed by atoms with Gasteiger partial charge in [-0.2, -0.15) is 0 Å². The van der Waals surface area contributed by atoms with E-state index in [-0.39, 0.29) is 23.5 Å². The van der Waals surface area contributed by atoms with Crippen LogP contribution in [0.15, 0.2) is 18.2 Å². The van der Waals surface area contributed by atoms with Crippen LogP contribution in [-0.4, -0.2) is 56.5 Å². The maximum absolute atomic E-state index is 13.3. The second kappa shape index (κ2) is 5.90. The Bertz CT molecular complexity index is 800. The molecule has 1 aliphatic carbocycles. The van der Waals surface area contributed by atoms with Crippen LogP contribution in [0.3, 0.4) is 0 Å². The van der Waals surface area contributed by atoms with Gasteiger partial charge in [0.1, 0.15) is 13.2 Å². The third-order valence-corrected chi connectivity index (χ3v) is 7.26. The zero-order valence-electron chi connectivity index (χ0n) is 14.4. The third-order valence-electron chi connectivity index (χ3n) is 5.50. The number of rotatable bonds is 4. The summed E-state index contributed by atoms with van der Waals surface area (Å²) in [5.74, 6) is 1.72. The zero-order chi connectivity index (χ0) is 17.7. The number of amides is 1. The highest BCUT2D eigenvalue weighted by Gasteiger charge is 2.54. The summed E-state index contributed by atoms with van der Waals surface area (Å²) in [6.07, 6.45) is 2.13. The number of sulfone groups is 1. The molecule has 2 aliphatic heterocycles. The third kappa shape index (κ3) is 2.88. The van der Waals surface area contributed by atoms with E-state index in [1.54, 1.807) is 4.90 Å². The molecular formula is C18H23NO5S. The van der Waals surface area contributed by atoms with Gasteiger partial charge in [-0.25, -0.2) is 8.42 Å². The monoisotopic (exact) mass is 365 g/mol. The van der Waals surface area contributed by atoms with Crippen LogP contribution in [0.1, 0.15) is 31.7 Å². The molecule has 7 heteroatoms. The first-order chi connectivity index (χ1) is 12.0. The number of likely N-dealkylation sites (N-methyl/N-ethyl adjacent to an activating group) is 1. The van der Waals surface area contributed by atoms with E-state index in [2.05, 4.69) is 0 Å². The molecule has 0 spiro atoms. The van der Waals surface area contributed by atoms with Crippen LogP contribution in [0.4, 0.5) is 0 Å². The highest BCUT2D eigenvalue weighted by Crippen LogP contribution is 2.51. The van der Waals surface area contributed by atoms with E-state index in [4.69, 9.17) is 9.47 Å². The van der Waals surface area contributed by atoms with Crippen LogP contribution in [0.2, 0.25) is 0 Å². The number of fused-ring (bicyclic) bond motifs is 1. The van der Waals surface area contributed by atoms with Gasteiger partial charge in [0.15, 0.2) is 21.3 Å². The Labute approximate surface area is 148 Å². The van der Waals surface area contributed by atoms with Crippen LogP contribution >= 0.6 is 0 Å². The van der Waals surface area contributed by atoms with Crippen LogP contribution in [0.5, 0.6) is 11.5 Å². The highest BCUT2D eigenvalue weighted by molar-refractivity contribution is 7.91. The van der Waals surface area contributed by atoms with Crippen molar-refractivity contribution in [1.82, 2.24) is 4.90 Å². The van der Waals surface area contributed by atoms with Crippen LogP contribution < -0.4 is 9.47 Å². The van der Waals surface area contributed by atoms with Gasteiger partial charge in [-0.3, -0.25) is 4.79 Å². The molecule has 1 atom stereocenters. The van der Waals surface area contributed by atoms with E-state index in [0.29, 0.717) is 37.7 Å². The van der Waals surface area contributed by atoms with Gasteiger partial charge in [-0.1, -0.05) is 6.07 Å². The Morgan fingerprint density at radius 2 is 1.96 bits per heavy atom.